The summed E-state index contributed by atoms with van der Waals surface area (Å²) in [6.07, 6.45) is 0. The van der Waals surface area contributed by atoms with Gasteiger partial charge in [-0.05, 0) is 0 Å². The Bertz CT molecular complexity index is 66.7. The van der Waals surface area contributed by atoms with Gasteiger partial charge in [0.15, 0.2) is 0 Å². The van der Waals surface area contributed by atoms with Crippen LogP contribution in [-0.2, 0) is 78.1 Å². The molecule has 0 amide bonds. The van der Waals surface area contributed by atoms with E-state index in [1.807, 2.05) is 0 Å². The van der Waals surface area contributed by atoms with E-state index in [0.717, 1.165) is 0 Å². The third-order valence-electron chi connectivity index (χ3n) is 0. The normalized spacial score (nSPS) is 6.56. The molecule has 2 radical (unpaired) electrons. The molecule has 0 aromatic rings. The molecule has 0 aromatic carbocycles. The molecule has 0 heterocycles. The number of rotatable bonds is 0. The van der Waals surface area contributed by atoms with Gasteiger partial charge in [0.1, 0.15) is 0 Å². The van der Waals surface area contributed by atoms with Crippen molar-refractivity contribution < 1.29 is 92.8 Å². The molecule has 0 N–H and O–H groups in total. The van der Waals surface area contributed by atoms with Gasteiger partial charge in [-0.1, -0.05) is 0 Å². The Hall–Kier alpha value is 2.41. The molecule has 4 nitrogen and oxygen atoms in total. The number of phosphoric acid groups is 1. The molecule has 0 fully saturated rings. The predicted octanol–water partition coefficient (Wildman–Crippen LogP) is -2.83. The fourth-order valence-corrected chi connectivity index (χ4v) is 0. The van der Waals surface area contributed by atoms with E-state index in [1.54, 1.807) is 0 Å². The van der Waals surface area contributed by atoms with Crippen molar-refractivity contribution in [1.29, 1.82) is 0 Å². The van der Waals surface area contributed by atoms with Gasteiger partial charge in [-0.3, -0.25) is 0 Å². The Kier molecular flexibility index (Phi) is 43.6. The topological polar surface area (TPSA) is 86.2 Å². The Balaban J connectivity index is -0.0000000133. The van der Waals surface area contributed by atoms with E-state index in [2.05, 4.69) is 0 Å². The number of hydrogen-bond donors (Lipinski definition) is 0. The van der Waals surface area contributed by atoms with Crippen LogP contribution < -0.4 is 14.7 Å². The molecule has 9 heteroatoms. The fourth-order valence-electron chi connectivity index (χ4n) is 0. The summed E-state index contributed by atoms with van der Waals surface area (Å²) in [4.78, 5) is 25.6. The van der Waals surface area contributed by atoms with Crippen LogP contribution in [0.4, 0.5) is 0 Å². The standard InChI is InChI=1S/Co.Ni.H3O4P.Ti.V/c;;1-5(2,3)4;;/h;;(H3,1,2,3,4);;/q2*+2;;+4;/p-3. The van der Waals surface area contributed by atoms with Crippen LogP contribution in [0.1, 0.15) is 0 Å². The van der Waals surface area contributed by atoms with Crippen molar-refractivity contribution in [2.24, 2.45) is 0 Å². The van der Waals surface area contributed by atoms with Gasteiger partial charge in [0.25, 0.3) is 0 Å². The van der Waals surface area contributed by atoms with Crippen molar-refractivity contribution in [1.82, 2.24) is 0 Å². The first kappa shape index (κ1) is 30.1. The van der Waals surface area contributed by atoms with Crippen molar-refractivity contribution in [3.05, 3.63) is 0 Å². The molecule has 9 heavy (non-hydrogen) atoms. The van der Waals surface area contributed by atoms with Gasteiger partial charge >= 0.3 is 55.0 Å². The van der Waals surface area contributed by atoms with Gasteiger partial charge in [-0.25, -0.2) is 0 Å². The first-order valence-corrected chi connectivity index (χ1v) is 2.19. The minimum Gasteiger partial charge on any atom is -0.822 e. The molecule has 0 rings (SSSR count). The second kappa shape index (κ2) is 13.0. The average Bonchev–Trinajstić information content (AvgIpc) is 0.722. The van der Waals surface area contributed by atoms with Crippen molar-refractivity contribution in [2.45, 2.75) is 0 Å². The molecule has 0 aromatic heterocycles. The maximum Gasteiger partial charge on any atom is 4.00 e. The summed E-state index contributed by atoms with van der Waals surface area (Å²) < 4.78 is 8.55. The van der Waals surface area contributed by atoms with E-state index in [-0.39, 0.29) is 73.5 Å². The molecule has 0 aliphatic rings. The zero-order valence-corrected chi connectivity index (χ0v) is 9.56. The SMILES string of the molecule is O=P([O-])([O-])[O-].[Co+2].[Ni+2].[Ti+4].[V]. The summed E-state index contributed by atoms with van der Waals surface area (Å²) >= 11 is 0. The Morgan fingerprint density at radius 1 is 1.11 bits per heavy atom. The Morgan fingerprint density at radius 3 is 1.11 bits per heavy atom. The molecule has 0 spiro atoms. The van der Waals surface area contributed by atoms with E-state index in [1.165, 1.54) is 0 Å². The second-order valence-electron chi connectivity index (χ2n) is 0.447. The van der Waals surface area contributed by atoms with Crippen LogP contribution in [0.5, 0.6) is 0 Å². The second-order valence-corrected chi connectivity index (χ2v) is 1.34. The van der Waals surface area contributed by atoms with Crippen LogP contribution in [0.3, 0.4) is 0 Å². The molecular weight excluding hydrogens is 311 g/mol. The molecule has 0 aliphatic carbocycles. The van der Waals surface area contributed by atoms with Crippen LogP contribution in [0.25, 0.3) is 0 Å². The molecule has 0 aliphatic heterocycles. The van der Waals surface area contributed by atoms with Gasteiger partial charge in [-0.2, -0.15) is 7.82 Å². The molecule has 0 saturated heterocycles. The summed E-state index contributed by atoms with van der Waals surface area (Å²) in [6.45, 7) is 0. The van der Waals surface area contributed by atoms with E-state index in [0.29, 0.717) is 0 Å². The molecule has 52 valence electrons. The van der Waals surface area contributed by atoms with Crippen LogP contribution in [0.2, 0.25) is 0 Å². The van der Waals surface area contributed by atoms with Crippen molar-refractivity contribution >= 4 is 7.82 Å². The van der Waals surface area contributed by atoms with Crippen LogP contribution >= 0.6 is 7.82 Å². The van der Waals surface area contributed by atoms with Gasteiger partial charge in [0.05, 0.1) is 0 Å². The Labute approximate surface area is 99.7 Å². The molecule has 0 saturated carbocycles. The maximum absolute atomic E-state index is 8.55. The smallest absolute Gasteiger partial charge is 0.822 e. The van der Waals surface area contributed by atoms with E-state index in [9.17, 15) is 0 Å². The molecule has 0 bridgehead atoms. The zero-order valence-electron chi connectivity index (χ0n) is 3.68. The number of hydrogen-bond acceptors (Lipinski definition) is 4. The third-order valence-corrected chi connectivity index (χ3v) is 0. The first-order valence-electron chi connectivity index (χ1n) is 0.730. The third kappa shape index (κ3) is 127. The maximum atomic E-state index is 8.55. The van der Waals surface area contributed by atoms with Gasteiger partial charge in [-0.15, -0.1) is 0 Å². The molecule has 0 atom stereocenters. The quantitative estimate of drug-likeness (QED) is 0.356. The zero-order chi connectivity index (χ0) is 4.50. The van der Waals surface area contributed by atoms with Gasteiger partial charge in [0.2, 0.25) is 0 Å². The average molecular weight is 311 g/mol. The van der Waals surface area contributed by atoms with E-state index in [4.69, 9.17) is 19.2 Å². The fraction of sp³-hybridized carbons (Fsp3) is 0. The predicted molar refractivity (Wildman–Crippen MR) is 7.61 cm³/mol. The summed E-state index contributed by atoms with van der Waals surface area (Å²) in [5.41, 5.74) is 0. The van der Waals surface area contributed by atoms with Crippen LogP contribution in [-0.4, -0.2) is 0 Å². The van der Waals surface area contributed by atoms with Crippen molar-refractivity contribution in [3.8, 4) is 0 Å². The molecular formula is CoNiO4PTiV+5. The minimum absolute atomic E-state index is 0. The summed E-state index contributed by atoms with van der Waals surface area (Å²) in [6, 6.07) is 0. The largest absolute Gasteiger partial charge is 4.00 e. The summed E-state index contributed by atoms with van der Waals surface area (Å²) in [5.74, 6) is 0. The van der Waals surface area contributed by atoms with Gasteiger partial charge < -0.3 is 19.2 Å². The summed E-state index contributed by atoms with van der Waals surface area (Å²) in [5, 5.41) is 0. The Morgan fingerprint density at radius 2 is 1.11 bits per heavy atom. The molecule has 0 unspecified atom stereocenters. The van der Waals surface area contributed by atoms with Gasteiger partial charge in [0, 0.05) is 18.6 Å². The van der Waals surface area contributed by atoms with Crippen LogP contribution in [0.15, 0.2) is 0 Å². The van der Waals surface area contributed by atoms with E-state index < -0.39 is 7.82 Å². The summed E-state index contributed by atoms with van der Waals surface area (Å²) in [7, 11) is -5.39. The first-order chi connectivity index (χ1) is 2.00. The van der Waals surface area contributed by atoms with Crippen LogP contribution in [0, 0.1) is 0 Å². The van der Waals surface area contributed by atoms with Crippen molar-refractivity contribution in [3.63, 3.8) is 0 Å². The monoisotopic (exact) mass is 311 g/mol. The van der Waals surface area contributed by atoms with E-state index >= 15 is 0 Å². The minimum atomic E-state index is -5.39. The van der Waals surface area contributed by atoms with Crippen molar-refractivity contribution in [2.75, 3.05) is 0 Å².